The predicted octanol–water partition coefficient (Wildman–Crippen LogP) is 5.15. The van der Waals surface area contributed by atoms with E-state index in [1.54, 1.807) is 12.3 Å². The topological polar surface area (TPSA) is 54.0 Å². The zero-order valence-electron chi connectivity index (χ0n) is 13.1. The second-order valence-electron chi connectivity index (χ2n) is 5.34. The molecular formula is C19H16BrN3O. The minimum absolute atomic E-state index is 0.229. The van der Waals surface area contributed by atoms with Crippen LogP contribution in [-0.2, 0) is 0 Å². The maximum Gasteiger partial charge on any atom is 0.274 e. The number of amides is 1. The third kappa shape index (κ3) is 4.00. The average Bonchev–Trinajstić information content (AvgIpc) is 2.60. The van der Waals surface area contributed by atoms with Crippen molar-refractivity contribution >= 4 is 38.9 Å². The average molecular weight is 382 g/mol. The summed E-state index contributed by atoms with van der Waals surface area (Å²) in [5, 5.41) is 6.09. The highest BCUT2D eigenvalue weighted by Gasteiger charge is 2.07. The number of hydrogen-bond donors (Lipinski definition) is 2. The number of aryl methyl sites for hydroxylation is 1. The van der Waals surface area contributed by atoms with Crippen molar-refractivity contribution in [2.75, 3.05) is 10.6 Å². The summed E-state index contributed by atoms with van der Waals surface area (Å²) < 4.78 is 1.07. The Labute approximate surface area is 149 Å². The summed E-state index contributed by atoms with van der Waals surface area (Å²) in [6, 6.07) is 18.9. The van der Waals surface area contributed by atoms with Gasteiger partial charge in [0.15, 0.2) is 0 Å². The van der Waals surface area contributed by atoms with Gasteiger partial charge in [-0.1, -0.05) is 34.1 Å². The normalized spacial score (nSPS) is 10.2. The van der Waals surface area contributed by atoms with Crippen LogP contribution in [0.25, 0.3) is 0 Å². The summed E-state index contributed by atoms with van der Waals surface area (Å²) in [4.78, 5) is 16.4. The van der Waals surface area contributed by atoms with Crippen LogP contribution in [0, 0.1) is 6.92 Å². The van der Waals surface area contributed by atoms with E-state index in [4.69, 9.17) is 0 Å². The highest BCUT2D eigenvalue weighted by Crippen LogP contribution is 2.22. The van der Waals surface area contributed by atoms with E-state index in [-0.39, 0.29) is 5.91 Å². The number of pyridine rings is 1. The van der Waals surface area contributed by atoms with Crippen molar-refractivity contribution < 1.29 is 4.79 Å². The Balaban J connectivity index is 1.68. The van der Waals surface area contributed by atoms with E-state index in [0.717, 1.165) is 27.1 Å². The SMILES string of the molecule is Cc1cc(Nc2ccc(C(=O)Nc3ccccc3)nc2)ccc1Br. The van der Waals surface area contributed by atoms with Gasteiger partial charge in [0.25, 0.3) is 5.91 Å². The van der Waals surface area contributed by atoms with E-state index >= 15 is 0 Å². The van der Waals surface area contributed by atoms with Crippen molar-refractivity contribution in [2.24, 2.45) is 0 Å². The molecule has 0 saturated carbocycles. The molecule has 3 rings (SSSR count). The van der Waals surface area contributed by atoms with E-state index < -0.39 is 0 Å². The molecule has 24 heavy (non-hydrogen) atoms. The Bertz CT molecular complexity index is 848. The van der Waals surface area contributed by atoms with Gasteiger partial charge < -0.3 is 10.6 Å². The lowest BCUT2D eigenvalue weighted by molar-refractivity contribution is 0.102. The molecule has 1 heterocycles. The van der Waals surface area contributed by atoms with Gasteiger partial charge in [-0.2, -0.15) is 0 Å². The number of nitrogens with zero attached hydrogens (tertiary/aromatic N) is 1. The Morgan fingerprint density at radius 1 is 0.958 bits per heavy atom. The molecule has 1 aromatic heterocycles. The van der Waals surface area contributed by atoms with E-state index in [1.165, 1.54) is 0 Å². The van der Waals surface area contributed by atoms with Gasteiger partial charge in [-0.05, 0) is 55.0 Å². The summed E-state index contributed by atoms with van der Waals surface area (Å²) in [5.74, 6) is -0.229. The third-order valence-corrected chi connectivity index (χ3v) is 4.36. The molecule has 0 atom stereocenters. The number of hydrogen-bond acceptors (Lipinski definition) is 3. The standard InChI is InChI=1S/C19H16BrN3O/c1-13-11-15(7-9-17(13)20)22-16-8-10-18(21-12-16)19(24)23-14-5-3-2-4-6-14/h2-12,22H,1H3,(H,23,24). The van der Waals surface area contributed by atoms with E-state index in [1.807, 2.05) is 61.5 Å². The zero-order chi connectivity index (χ0) is 16.9. The molecule has 4 nitrogen and oxygen atoms in total. The smallest absolute Gasteiger partial charge is 0.274 e. The molecule has 0 unspecified atom stereocenters. The van der Waals surface area contributed by atoms with Crippen LogP contribution >= 0.6 is 15.9 Å². The molecule has 3 aromatic rings. The summed E-state index contributed by atoms with van der Waals surface area (Å²) in [6.45, 7) is 2.03. The summed E-state index contributed by atoms with van der Waals surface area (Å²) in [5.41, 5.74) is 4.06. The van der Waals surface area contributed by atoms with Crippen LogP contribution < -0.4 is 10.6 Å². The van der Waals surface area contributed by atoms with E-state index in [0.29, 0.717) is 5.69 Å². The second kappa shape index (κ2) is 7.27. The third-order valence-electron chi connectivity index (χ3n) is 3.47. The monoisotopic (exact) mass is 381 g/mol. The number of rotatable bonds is 4. The Morgan fingerprint density at radius 3 is 2.38 bits per heavy atom. The molecule has 0 aliphatic rings. The van der Waals surface area contributed by atoms with Gasteiger partial charge in [0.05, 0.1) is 11.9 Å². The largest absolute Gasteiger partial charge is 0.354 e. The van der Waals surface area contributed by atoms with Gasteiger partial charge in [-0.15, -0.1) is 0 Å². The van der Waals surface area contributed by atoms with Crippen molar-refractivity contribution in [1.29, 1.82) is 0 Å². The number of para-hydroxylation sites is 1. The second-order valence-corrected chi connectivity index (χ2v) is 6.20. The van der Waals surface area contributed by atoms with Crippen molar-refractivity contribution in [3.8, 4) is 0 Å². The van der Waals surface area contributed by atoms with Crippen LogP contribution in [-0.4, -0.2) is 10.9 Å². The van der Waals surface area contributed by atoms with Crippen molar-refractivity contribution in [2.45, 2.75) is 6.92 Å². The van der Waals surface area contributed by atoms with Crippen LogP contribution in [0.4, 0.5) is 17.1 Å². The van der Waals surface area contributed by atoms with Gasteiger partial charge in [0.1, 0.15) is 5.69 Å². The van der Waals surface area contributed by atoms with Crippen molar-refractivity contribution in [3.63, 3.8) is 0 Å². The van der Waals surface area contributed by atoms with Gasteiger partial charge in [-0.3, -0.25) is 4.79 Å². The maximum atomic E-state index is 12.2. The highest BCUT2D eigenvalue weighted by atomic mass is 79.9. The number of aromatic nitrogens is 1. The first-order chi connectivity index (χ1) is 11.6. The minimum Gasteiger partial charge on any atom is -0.354 e. The first-order valence-corrected chi connectivity index (χ1v) is 8.27. The molecule has 0 aliphatic heterocycles. The van der Waals surface area contributed by atoms with E-state index in [9.17, 15) is 4.79 Å². The molecule has 0 saturated heterocycles. The number of benzene rings is 2. The number of anilines is 3. The predicted molar refractivity (Wildman–Crippen MR) is 101 cm³/mol. The first kappa shape index (κ1) is 16.2. The van der Waals surface area contributed by atoms with Gasteiger partial charge in [0.2, 0.25) is 0 Å². The van der Waals surface area contributed by atoms with Gasteiger partial charge >= 0.3 is 0 Å². The molecule has 1 amide bonds. The molecule has 0 radical (unpaired) electrons. The summed E-state index contributed by atoms with van der Waals surface area (Å²) >= 11 is 3.48. The van der Waals surface area contributed by atoms with E-state index in [2.05, 4.69) is 31.5 Å². The fourth-order valence-corrected chi connectivity index (χ4v) is 2.45. The highest BCUT2D eigenvalue weighted by molar-refractivity contribution is 9.10. The van der Waals surface area contributed by atoms with Gasteiger partial charge in [-0.25, -0.2) is 4.98 Å². The van der Waals surface area contributed by atoms with Crippen LogP contribution in [0.5, 0.6) is 0 Å². The minimum atomic E-state index is -0.229. The summed E-state index contributed by atoms with van der Waals surface area (Å²) in [7, 11) is 0. The number of carbonyl (C=O) groups excluding carboxylic acids is 1. The lowest BCUT2D eigenvalue weighted by Crippen LogP contribution is -2.13. The Hall–Kier alpha value is -2.66. The molecule has 2 aromatic carbocycles. The van der Waals surface area contributed by atoms with Crippen LogP contribution in [0.1, 0.15) is 16.1 Å². The lowest BCUT2D eigenvalue weighted by Gasteiger charge is -2.09. The lowest BCUT2D eigenvalue weighted by atomic mass is 10.2. The Morgan fingerprint density at radius 2 is 1.71 bits per heavy atom. The zero-order valence-corrected chi connectivity index (χ0v) is 14.7. The molecule has 5 heteroatoms. The molecule has 0 bridgehead atoms. The molecular weight excluding hydrogens is 366 g/mol. The number of halogens is 1. The molecule has 0 spiro atoms. The molecule has 0 fully saturated rings. The molecule has 2 N–H and O–H groups in total. The van der Waals surface area contributed by atoms with Crippen molar-refractivity contribution in [3.05, 3.63) is 82.6 Å². The maximum absolute atomic E-state index is 12.2. The fraction of sp³-hybridized carbons (Fsp3) is 0.0526. The molecule has 0 aliphatic carbocycles. The fourth-order valence-electron chi connectivity index (χ4n) is 2.21. The Kier molecular flexibility index (Phi) is 4.91. The number of carbonyl (C=O) groups is 1. The van der Waals surface area contributed by atoms with Crippen LogP contribution in [0.15, 0.2) is 71.3 Å². The molecule has 120 valence electrons. The quantitative estimate of drug-likeness (QED) is 0.656. The summed E-state index contributed by atoms with van der Waals surface area (Å²) in [6.07, 6.45) is 1.65. The number of nitrogens with one attached hydrogen (secondary N) is 2. The van der Waals surface area contributed by atoms with Gasteiger partial charge in [0, 0.05) is 15.8 Å². The van der Waals surface area contributed by atoms with Crippen LogP contribution in [0.3, 0.4) is 0 Å². The van der Waals surface area contributed by atoms with Crippen molar-refractivity contribution in [1.82, 2.24) is 4.98 Å². The first-order valence-electron chi connectivity index (χ1n) is 7.47. The van der Waals surface area contributed by atoms with Crippen LogP contribution in [0.2, 0.25) is 0 Å².